The van der Waals surface area contributed by atoms with Crippen LogP contribution in [0.2, 0.25) is 0 Å². The van der Waals surface area contributed by atoms with Crippen molar-refractivity contribution >= 4 is 27.6 Å². The number of anilines is 1. The molecule has 2 aromatic rings. The summed E-state index contributed by atoms with van der Waals surface area (Å²) in [5.74, 6) is -0.152. The molecule has 2 aliphatic heterocycles. The summed E-state index contributed by atoms with van der Waals surface area (Å²) < 4.78 is 32.7. The van der Waals surface area contributed by atoms with Crippen LogP contribution in [0.25, 0.3) is 6.08 Å². The van der Waals surface area contributed by atoms with Gasteiger partial charge in [0.2, 0.25) is 10.0 Å². The first-order valence-corrected chi connectivity index (χ1v) is 12.7. The Kier molecular flexibility index (Phi) is 7.40. The van der Waals surface area contributed by atoms with E-state index in [2.05, 4.69) is 17.0 Å². The summed E-state index contributed by atoms with van der Waals surface area (Å²) in [6, 6.07) is 14.4. The van der Waals surface area contributed by atoms with Gasteiger partial charge in [-0.1, -0.05) is 31.1 Å². The molecule has 0 spiro atoms. The molecule has 0 N–H and O–H groups in total. The van der Waals surface area contributed by atoms with Crippen molar-refractivity contribution in [2.75, 3.05) is 44.3 Å². The fraction of sp³-hybridized carbons (Fsp3) is 0.400. The summed E-state index contributed by atoms with van der Waals surface area (Å²) in [5, 5.41) is 0. The summed E-state index contributed by atoms with van der Waals surface area (Å²) in [6.07, 6.45) is 7.25. The van der Waals surface area contributed by atoms with Gasteiger partial charge >= 0.3 is 0 Å². The quantitative estimate of drug-likeness (QED) is 0.488. The minimum absolute atomic E-state index is 0.152. The van der Waals surface area contributed by atoms with E-state index < -0.39 is 10.0 Å². The zero-order chi connectivity index (χ0) is 22.4. The van der Waals surface area contributed by atoms with E-state index in [1.54, 1.807) is 34.6 Å². The first-order chi connectivity index (χ1) is 15.5. The van der Waals surface area contributed by atoms with Gasteiger partial charge in [-0.25, -0.2) is 8.42 Å². The van der Waals surface area contributed by atoms with E-state index in [1.165, 1.54) is 6.08 Å². The van der Waals surface area contributed by atoms with E-state index in [-0.39, 0.29) is 10.7 Å². The third-order valence-corrected chi connectivity index (χ3v) is 7.95. The predicted octanol–water partition coefficient (Wildman–Crippen LogP) is 3.98. The molecular formula is C25H30N2O4S. The maximum atomic E-state index is 12.9. The molecule has 2 fully saturated rings. The fourth-order valence-corrected chi connectivity index (χ4v) is 5.63. The zero-order valence-electron chi connectivity index (χ0n) is 18.3. The van der Waals surface area contributed by atoms with Crippen molar-refractivity contribution in [1.29, 1.82) is 0 Å². The number of ketones is 1. The zero-order valence-corrected chi connectivity index (χ0v) is 19.1. The average molecular weight is 455 g/mol. The summed E-state index contributed by atoms with van der Waals surface area (Å²) in [5.41, 5.74) is 2.56. The SMILES string of the molecule is O=C(/C=C/c1ccc(N2CCOCC2)cc1)c1ccc(S(=O)(=O)N2CCCCCC2)cc1. The number of rotatable bonds is 6. The van der Waals surface area contributed by atoms with Crippen LogP contribution in [0.4, 0.5) is 5.69 Å². The molecule has 7 heteroatoms. The van der Waals surface area contributed by atoms with Gasteiger partial charge in [-0.15, -0.1) is 0 Å². The topological polar surface area (TPSA) is 66.9 Å². The van der Waals surface area contributed by atoms with Crippen molar-refractivity contribution in [2.24, 2.45) is 0 Å². The van der Waals surface area contributed by atoms with Crippen LogP contribution in [0, 0.1) is 0 Å². The monoisotopic (exact) mass is 454 g/mol. The maximum Gasteiger partial charge on any atom is 0.243 e. The van der Waals surface area contributed by atoms with E-state index in [0.29, 0.717) is 18.7 Å². The highest BCUT2D eigenvalue weighted by atomic mass is 32.2. The molecule has 0 bridgehead atoms. The van der Waals surface area contributed by atoms with Gasteiger partial charge < -0.3 is 9.64 Å². The summed E-state index contributed by atoms with van der Waals surface area (Å²) in [7, 11) is -3.50. The van der Waals surface area contributed by atoms with Crippen molar-refractivity contribution in [3.8, 4) is 0 Å². The molecule has 2 saturated heterocycles. The number of benzene rings is 2. The van der Waals surface area contributed by atoms with Gasteiger partial charge in [0, 0.05) is 37.4 Å². The number of ether oxygens (including phenoxy) is 1. The summed E-state index contributed by atoms with van der Waals surface area (Å²) in [6.45, 7) is 4.39. The molecule has 0 unspecified atom stereocenters. The first kappa shape index (κ1) is 22.7. The largest absolute Gasteiger partial charge is 0.378 e. The number of nitrogens with zero attached hydrogens (tertiary/aromatic N) is 2. The highest BCUT2D eigenvalue weighted by Crippen LogP contribution is 2.21. The molecule has 0 amide bonds. The smallest absolute Gasteiger partial charge is 0.243 e. The van der Waals surface area contributed by atoms with Crippen LogP contribution >= 0.6 is 0 Å². The predicted molar refractivity (Wildman–Crippen MR) is 127 cm³/mol. The summed E-state index contributed by atoms with van der Waals surface area (Å²) in [4.78, 5) is 15.1. The lowest BCUT2D eigenvalue weighted by atomic mass is 10.1. The average Bonchev–Trinajstić information content (AvgIpc) is 3.14. The molecule has 0 aliphatic carbocycles. The van der Waals surface area contributed by atoms with Crippen LogP contribution < -0.4 is 4.90 Å². The van der Waals surface area contributed by atoms with E-state index >= 15 is 0 Å². The second kappa shape index (κ2) is 10.4. The Bertz CT molecular complexity index is 1030. The molecule has 2 aliphatic rings. The van der Waals surface area contributed by atoms with Crippen molar-refractivity contribution in [3.05, 3.63) is 65.7 Å². The van der Waals surface area contributed by atoms with E-state index in [1.807, 2.05) is 12.1 Å². The lowest BCUT2D eigenvalue weighted by Crippen LogP contribution is -2.36. The second-order valence-corrected chi connectivity index (χ2v) is 10.2. The van der Waals surface area contributed by atoms with Gasteiger partial charge in [0.15, 0.2) is 5.78 Å². The number of morpholine rings is 1. The molecule has 0 atom stereocenters. The van der Waals surface area contributed by atoms with Crippen molar-refractivity contribution in [2.45, 2.75) is 30.6 Å². The molecule has 170 valence electrons. The number of carbonyl (C=O) groups excluding carboxylic acids is 1. The molecule has 0 saturated carbocycles. The number of carbonyl (C=O) groups is 1. The van der Waals surface area contributed by atoms with E-state index in [9.17, 15) is 13.2 Å². The van der Waals surface area contributed by atoms with Gasteiger partial charge in [-0.2, -0.15) is 4.31 Å². The summed E-state index contributed by atoms with van der Waals surface area (Å²) >= 11 is 0. The normalized spacial score (nSPS) is 18.6. The highest BCUT2D eigenvalue weighted by molar-refractivity contribution is 7.89. The Labute approximate surface area is 190 Å². The molecule has 32 heavy (non-hydrogen) atoms. The van der Waals surface area contributed by atoms with Crippen molar-refractivity contribution < 1.29 is 17.9 Å². The lowest BCUT2D eigenvalue weighted by Gasteiger charge is -2.28. The van der Waals surface area contributed by atoms with Gasteiger partial charge in [0.05, 0.1) is 18.1 Å². The van der Waals surface area contributed by atoms with E-state index in [0.717, 1.165) is 63.2 Å². The molecule has 0 radical (unpaired) electrons. The van der Waals surface area contributed by atoms with Gasteiger partial charge in [0.25, 0.3) is 0 Å². The van der Waals surface area contributed by atoms with Gasteiger partial charge in [-0.3, -0.25) is 4.79 Å². The Morgan fingerprint density at radius 3 is 2.06 bits per heavy atom. The number of allylic oxidation sites excluding steroid dienone is 1. The van der Waals surface area contributed by atoms with Gasteiger partial charge in [-0.05, 0) is 60.9 Å². The maximum absolute atomic E-state index is 12.9. The van der Waals surface area contributed by atoms with Gasteiger partial charge in [0.1, 0.15) is 0 Å². The third kappa shape index (κ3) is 5.46. The molecule has 0 aromatic heterocycles. The molecule has 2 heterocycles. The van der Waals surface area contributed by atoms with E-state index in [4.69, 9.17) is 4.74 Å². The van der Waals surface area contributed by atoms with Crippen LogP contribution in [-0.4, -0.2) is 57.9 Å². The minimum Gasteiger partial charge on any atom is -0.378 e. The number of sulfonamides is 1. The number of hydrogen-bond donors (Lipinski definition) is 0. The highest BCUT2D eigenvalue weighted by Gasteiger charge is 2.25. The molecule has 6 nitrogen and oxygen atoms in total. The van der Waals surface area contributed by atoms with Crippen molar-refractivity contribution in [1.82, 2.24) is 4.31 Å². The molecule has 2 aromatic carbocycles. The first-order valence-electron chi connectivity index (χ1n) is 11.3. The van der Waals surface area contributed by atoms with Crippen LogP contribution in [0.5, 0.6) is 0 Å². The standard InChI is InChI=1S/C25H30N2O4S/c28-25(14-7-21-5-10-23(11-6-21)26-17-19-31-20-18-26)22-8-12-24(13-9-22)32(29,30)27-15-3-1-2-4-16-27/h5-14H,1-4,15-20H2/b14-7+. The van der Waals surface area contributed by atoms with Crippen LogP contribution in [0.3, 0.4) is 0 Å². The molecular weight excluding hydrogens is 424 g/mol. The Morgan fingerprint density at radius 1 is 0.812 bits per heavy atom. The lowest BCUT2D eigenvalue weighted by molar-refractivity contribution is 0.104. The minimum atomic E-state index is -3.50. The Morgan fingerprint density at radius 2 is 1.44 bits per heavy atom. The Hall–Kier alpha value is -2.48. The fourth-order valence-electron chi connectivity index (χ4n) is 4.11. The second-order valence-electron chi connectivity index (χ2n) is 8.23. The van der Waals surface area contributed by atoms with Crippen LogP contribution in [0.1, 0.15) is 41.6 Å². The Balaban J connectivity index is 1.39. The third-order valence-electron chi connectivity index (χ3n) is 6.04. The van der Waals surface area contributed by atoms with Crippen molar-refractivity contribution in [3.63, 3.8) is 0 Å². The van der Waals surface area contributed by atoms with Crippen LogP contribution in [-0.2, 0) is 14.8 Å². The van der Waals surface area contributed by atoms with Crippen LogP contribution in [0.15, 0.2) is 59.5 Å². The number of hydrogen-bond acceptors (Lipinski definition) is 5. The molecule has 4 rings (SSSR count).